The summed E-state index contributed by atoms with van der Waals surface area (Å²) in [4.78, 5) is 22.9. The zero-order valence-corrected chi connectivity index (χ0v) is 11.2. The smallest absolute Gasteiger partial charge is 0.337 e. The molecule has 2 amide bonds. The Morgan fingerprint density at radius 2 is 1.71 bits per heavy atom. The second-order valence-electron chi connectivity index (χ2n) is 4.39. The van der Waals surface area contributed by atoms with Gasteiger partial charge in [0.2, 0.25) is 0 Å². The molecule has 6 heteroatoms. The van der Waals surface area contributed by atoms with Crippen molar-refractivity contribution in [2.45, 2.75) is 6.92 Å². The molecule has 2 rings (SSSR count). The maximum Gasteiger partial charge on any atom is 0.337 e. The Morgan fingerprint density at radius 1 is 1.05 bits per heavy atom. The molecule has 0 aromatic heterocycles. The van der Waals surface area contributed by atoms with Gasteiger partial charge in [0.05, 0.1) is 11.3 Å². The lowest BCUT2D eigenvalue weighted by Crippen LogP contribution is -2.21. The van der Waals surface area contributed by atoms with E-state index in [1.54, 1.807) is 19.1 Å². The van der Waals surface area contributed by atoms with Gasteiger partial charge in [0.25, 0.3) is 0 Å². The Bertz CT molecular complexity index is 701. The normalized spacial score (nSPS) is 10.0. The molecule has 0 bridgehead atoms. The fraction of sp³-hybridized carbons (Fsp3) is 0.0667. The van der Waals surface area contributed by atoms with Gasteiger partial charge in [-0.3, -0.25) is 0 Å². The largest absolute Gasteiger partial charge is 0.478 e. The van der Waals surface area contributed by atoms with Crippen LogP contribution in [-0.4, -0.2) is 17.1 Å². The van der Waals surface area contributed by atoms with E-state index < -0.39 is 17.8 Å². The van der Waals surface area contributed by atoms with Crippen LogP contribution in [0.25, 0.3) is 0 Å². The molecule has 0 radical (unpaired) electrons. The third-order valence-electron chi connectivity index (χ3n) is 2.85. The molecule has 0 aliphatic heterocycles. The Hall–Kier alpha value is -2.89. The van der Waals surface area contributed by atoms with E-state index in [4.69, 9.17) is 5.11 Å². The summed E-state index contributed by atoms with van der Waals surface area (Å²) < 4.78 is 13.1. The first-order chi connectivity index (χ1) is 9.97. The number of nitrogens with one attached hydrogen (secondary N) is 2. The van der Waals surface area contributed by atoms with E-state index in [-0.39, 0.29) is 11.3 Å². The van der Waals surface area contributed by atoms with Crippen molar-refractivity contribution in [2.75, 3.05) is 10.6 Å². The average molecular weight is 288 g/mol. The molecule has 0 aliphatic rings. The van der Waals surface area contributed by atoms with Crippen molar-refractivity contribution in [2.24, 2.45) is 0 Å². The van der Waals surface area contributed by atoms with Crippen LogP contribution >= 0.6 is 0 Å². The van der Waals surface area contributed by atoms with Crippen LogP contribution in [0.5, 0.6) is 0 Å². The Labute approximate surface area is 120 Å². The number of rotatable bonds is 3. The van der Waals surface area contributed by atoms with E-state index >= 15 is 0 Å². The molecule has 0 unspecified atom stereocenters. The lowest BCUT2D eigenvalue weighted by atomic mass is 10.2. The highest BCUT2D eigenvalue weighted by Gasteiger charge is 2.12. The van der Waals surface area contributed by atoms with E-state index in [2.05, 4.69) is 10.6 Å². The number of anilines is 2. The van der Waals surface area contributed by atoms with Crippen LogP contribution in [-0.2, 0) is 0 Å². The van der Waals surface area contributed by atoms with Gasteiger partial charge in [-0.1, -0.05) is 18.2 Å². The van der Waals surface area contributed by atoms with Crippen molar-refractivity contribution in [3.05, 3.63) is 59.4 Å². The van der Waals surface area contributed by atoms with Crippen molar-refractivity contribution in [3.63, 3.8) is 0 Å². The van der Waals surface area contributed by atoms with Gasteiger partial charge < -0.3 is 15.7 Å². The van der Waals surface area contributed by atoms with Crippen LogP contribution < -0.4 is 10.6 Å². The molecule has 2 aromatic rings. The number of amides is 2. The van der Waals surface area contributed by atoms with E-state index in [0.717, 1.165) is 0 Å². The fourth-order valence-corrected chi connectivity index (χ4v) is 1.78. The predicted octanol–water partition coefficient (Wildman–Crippen LogP) is 3.48. The Morgan fingerprint density at radius 3 is 2.43 bits per heavy atom. The summed E-state index contributed by atoms with van der Waals surface area (Å²) in [6.45, 7) is 1.72. The molecule has 0 saturated carbocycles. The number of aryl methyl sites for hydroxylation is 1. The first-order valence-electron chi connectivity index (χ1n) is 6.14. The first kappa shape index (κ1) is 14.5. The summed E-state index contributed by atoms with van der Waals surface area (Å²) in [5.74, 6) is -1.62. The number of para-hydroxylation sites is 1. The molecule has 0 fully saturated rings. The molecule has 2 aromatic carbocycles. The molecule has 108 valence electrons. The third kappa shape index (κ3) is 3.56. The molecular weight excluding hydrogens is 275 g/mol. The standard InChI is InChI=1S/C15H13FN2O3/c1-9-6-7-10(16)8-13(9)18-15(21)17-12-5-3-2-4-11(12)14(19)20/h2-8H,1H3,(H,19,20)(H2,17,18,21). The molecule has 3 N–H and O–H groups in total. The minimum atomic E-state index is -1.15. The number of carbonyl (C=O) groups excluding carboxylic acids is 1. The molecule has 0 spiro atoms. The van der Waals surface area contributed by atoms with Crippen molar-refractivity contribution in [1.82, 2.24) is 0 Å². The van der Waals surface area contributed by atoms with Crippen LogP contribution in [0.4, 0.5) is 20.6 Å². The van der Waals surface area contributed by atoms with Crippen LogP contribution in [0.3, 0.4) is 0 Å². The van der Waals surface area contributed by atoms with E-state index in [1.807, 2.05) is 0 Å². The van der Waals surface area contributed by atoms with Crippen molar-refractivity contribution in [3.8, 4) is 0 Å². The van der Waals surface area contributed by atoms with Crippen molar-refractivity contribution < 1.29 is 19.1 Å². The van der Waals surface area contributed by atoms with Gasteiger partial charge in [-0.2, -0.15) is 0 Å². The number of carboxylic acids is 1. The van der Waals surface area contributed by atoms with Crippen LogP contribution in [0.15, 0.2) is 42.5 Å². The quantitative estimate of drug-likeness (QED) is 0.809. The molecule has 5 nitrogen and oxygen atoms in total. The molecule has 0 aliphatic carbocycles. The van der Waals surface area contributed by atoms with Crippen molar-refractivity contribution in [1.29, 1.82) is 0 Å². The van der Waals surface area contributed by atoms with Gasteiger partial charge in [0.15, 0.2) is 0 Å². The van der Waals surface area contributed by atoms with Gasteiger partial charge >= 0.3 is 12.0 Å². The summed E-state index contributed by atoms with van der Waals surface area (Å²) in [5, 5.41) is 13.9. The number of halogens is 1. The highest BCUT2D eigenvalue weighted by molar-refractivity contribution is 6.04. The number of carbonyl (C=O) groups is 2. The number of urea groups is 1. The molecule has 0 atom stereocenters. The van der Waals surface area contributed by atoms with Gasteiger partial charge in [0.1, 0.15) is 5.82 Å². The number of benzene rings is 2. The molecule has 0 heterocycles. The zero-order valence-electron chi connectivity index (χ0n) is 11.2. The average Bonchev–Trinajstić information content (AvgIpc) is 2.43. The molecule has 0 saturated heterocycles. The number of carboxylic acid groups (broad SMARTS) is 1. The fourth-order valence-electron chi connectivity index (χ4n) is 1.78. The number of hydrogen-bond donors (Lipinski definition) is 3. The summed E-state index contributed by atoms with van der Waals surface area (Å²) >= 11 is 0. The van der Waals surface area contributed by atoms with Gasteiger partial charge in [-0.25, -0.2) is 14.0 Å². The van der Waals surface area contributed by atoms with Gasteiger partial charge in [-0.05, 0) is 36.8 Å². The summed E-state index contributed by atoms with van der Waals surface area (Å²) in [7, 11) is 0. The SMILES string of the molecule is Cc1ccc(F)cc1NC(=O)Nc1ccccc1C(=O)O. The second-order valence-corrected chi connectivity index (χ2v) is 4.39. The Balaban J connectivity index is 2.16. The number of aromatic carboxylic acids is 1. The minimum Gasteiger partial charge on any atom is -0.478 e. The monoisotopic (exact) mass is 288 g/mol. The van der Waals surface area contributed by atoms with E-state index in [1.165, 1.54) is 30.3 Å². The summed E-state index contributed by atoms with van der Waals surface area (Å²) in [6, 6.07) is 9.40. The summed E-state index contributed by atoms with van der Waals surface area (Å²) in [5.41, 5.74) is 1.15. The third-order valence-corrected chi connectivity index (χ3v) is 2.85. The van der Waals surface area contributed by atoms with Gasteiger partial charge in [0, 0.05) is 5.69 Å². The minimum absolute atomic E-state index is 0.0244. The highest BCUT2D eigenvalue weighted by Crippen LogP contribution is 2.18. The predicted molar refractivity (Wildman–Crippen MR) is 77.2 cm³/mol. The Kier molecular flexibility index (Phi) is 4.18. The maximum absolute atomic E-state index is 13.1. The zero-order chi connectivity index (χ0) is 15.4. The lowest BCUT2D eigenvalue weighted by molar-refractivity contribution is 0.0698. The second kappa shape index (κ2) is 6.04. The first-order valence-corrected chi connectivity index (χ1v) is 6.14. The van der Waals surface area contributed by atoms with Crippen molar-refractivity contribution >= 4 is 23.4 Å². The highest BCUT2D eigenvalue weighted by atomic mass is 19.1. The van der Waals surface area contributed by atoms with E-state index in [0.29, 0.717) is 11.3 Å². The topological polar surface area (TPSA) is 78.4 Å². The molecule has 21 heavy (non-hydrogen) atoms. The number of hydrogen-bond acceptors (Lipinski definition) is 2. The van der Waals surface area contributed by atoms with Gasteiger partial charge in [-0.15, -0.1) is 0 Å². The van der Waals surface area contributed by atoms with Crippen LogP contribution in [0.2, 0.25) is 0 Å². The van der Waals surface area contributed by atoms with Crippen LogP contribution in [0, 0.1) is 12.7 Å². The lowest BCUT2D eigenvalue weighted by Gasteiger charge is -2.11. The van der Waals surface area contributed by atoms with Crippen LogP contribution in [0.1, 0.15) is 15.9 Å². The molecular formula is C15H13FN2O3. The maximum atomic E-state index is 13.1. The summed E-state index contributed by atoms with van der Waals surface area (Å²) in [6.07, 6.45) is 0. The van der Waals surface area contributed by atoms with E-state index in [9.17, 15) is 14.0 Å².